The Kier molecular flexibility index (Phi) is 4.05. The summed E-state index contributed by atoms with van der Waals surface area (Å²) in [7, 11) is 0. The van der Waals surface area contributed by atoms with Crippen LogP contribution in [-0.2, 0) is 0 Å². The van der Waals surface area contributed by atoms with Gasteiger partial charge in [0.05, 0.1) is 0 Å². The molecule has 0 saturated carbocycles. The van der Waals surface area contributed by atoms with E-state index < -0.39 is 0 Å². The van der Waals surface area contributed by atoms with Crippen LogP contribution in [0.2, 0.25) is 0 Å². The number of nitrogens with zero attached hydrogens (tertiary/aromatic N) is 2. The van der Waals surface area contributed by atoms with Crippen LogP contribution in [0.25, 0.3) is 0 Å². The number of benzene rings is 3. The van der Waals surface area contributed by atoms with Gasteiger partial charge in [-0.1, -0.05) is 48.2 Å². The molecule has 0 unspecified atom stereocenters. The highest BCUT2D eigenvalue weighted by molar-refractivity contribution is 7.99. The summed E-state index contributed by atoms with van der Waals surface area (Å²) in [6.07, 6.45) is 0. The van der Waals surface area contributed by atoms with Crippen LogP contribution in [0.3, 0.4) is 0 Å². The van der Waals surface area contributed by atoms with E-state index in [4.69, 9.17) is 9.85 Å². The minimum Gasteiger partial charge on any atom is -0.431 e. The Morgan fingerprint density at radius 1 is 0.917 bits per heavy atom. The Bertz CT molecular complexity index is 892. The van der Waals surface area contributed by atoms with Gasteiger partial charge in [0.15, 0.2) is 11.4 Å². The van der Waals surface area contributed by atoms with Crippen molar-refractivity contribution in [3.63, 3.8) is 0 Å². The van der Waals surface area contributed by atoms with Crippen LogP contribution in [0.5, 0.6) is 5.75 Å². The van der Waals surface area contributed by atoms with Crippen molar-refractivity contribution in [3.05, 3.63) is 78.4 Å². The summed E-state index contributed by atoms with van der Waals surface area (Å²) in [6.45, 7) is 2.50. The Labute approximate surface area is 145 Å². The molecule has 24 heavy (non-hydrogen) atoms. The second-order valence-electron chi connectivity index (χ2n) is 5.61. The first-order valence-electron chi connectivity index (χ1n) is 7.84. The largest absolute Gasteiger partial charge is 0.431 e. The van der Waals surface area contributed by atoms with Gasteiger partial charge in [0.2, 0.25) is 5.69 Å². The Morgan fingerprint density at radius 3 is 2.38 bits per heavy atom. The van der Waals surface area contributed by atoms with Crippen molar-refractivity contribution in [1.82, 2.24) is 0 Å². The number of rotatable bonds is 3. The minimum atomic E-state index is 0.434. The first kappa shape index (κ1) is 15.0. The lowest BCUT2D eigenvalue weighted by Gasteiger charge is -2.15. The highest BCUT2D eigenvalue weighted by Crippen LogP contribution is 2.40. The van der Waals surface area contributed by atoms with E-state index in [1.165, 1.54) is 9.79 Å². The average Bonchev–Trinajstić information content (AvgIpc) is 2.63. The summed E-state index contributed by atoms with van der Waals surface area (Å²) in [5.41, 5.74) is 3.02. The number of aryl methyl sites for hydroxylation is 1. The minimum absolute atomic E-state index is 0.434. The fourth-order valence-corrected chi connectivity index (χ4v) is 3.66. The molecule has 4 heteroatoms. The Balaban J connectivity index is 1.71. The lowest BCUT2D eigenvalue weighted by molar-refractivity contribution is -0.544. The number of ether oxygens (including phenoxy) is 1. The monoisotopic (exact) mass is 333 g/mol. The van der Waals surface area contributed by atoms with Gasteiger partial charge < -0.3 is 4.74 Å². The first-order valence-corrected chi connectivity index (χ1v) is 8.66. The van der Waals surface area contributed by atoms with E-state index in [0.717, 1.165) is 22.7 Å². The molecule has 1 heterocycles. The summed E-state index contributed by atoms with van der Waals surface area (Å²) in [6, 6.07) is 24.7. The molecule has 1 aliphatic rings. The summed E-state index contributed by atoms with van der Waals surface area (Å²) in [5, 5.41) is 4.77. The molecule has 0 bridgehead atoms. The fourth-order valence-electron chi connectivity index (χ4n) is 2.69. The maximum Gasteiger partial charge on any atom is 0.317 e. The van der Waals surface area contributed by atoms with Gasteiger partial charge in [-0.2, -0.15) is 0 Å². The van der Waals surface area contributed by atoms with Gasteiger partial charge in [0.25, 0.3) is 0 Å². The normalized spacial score (nSPS) is 13.0. The van der Waals surface area contributed by atoms with E-state index in [0.29, 0.717) is 6.73 Å². The van der Waals surface area contributed by atoms with Crippen LogP contribution in [-0.4, -0.2) is 11.4 Å². The molecule has 0 saturated heterocycles. The molecule has 0 aliphatic carbocycles. The smallest absolute Gasteiger partial charge is 0.317 e. The summed E-state index contributed by atoms with van der Waals surface area (Å²) >= 11 is 1.74. The molecule has 0 atom stereocenters. The van der Waals surface area contributed by atoms with E-state index >= 15 is 0 Å². The predicted molar refractivity (Wildman–Crippen MR) is 95.7 cm³/mol. The number of hydrogen-bond acceptors (Lipinski definition) is 3. The van der Waals surface area contributed by atoms with Gasteiger partial charge in [-0.3, -0.25) is 0 Å². The molecule has 0 spiro atoms. The van der Waals surface area contributed by atoms with Gasteiger partial charge in [0, 0.05) is 27.0 Å². The van der Waals surface area contributed by atoms with Crippen LogP contribution < -0.4 is 4.74 Å². The van der Waals surface area contributed by atoms with Crippen LogP contribution >= 0.6 is 11.8 Å². The third kappa shape index (κ3) is 3.05. The van der Waals surface area contributed by atoms with Gasteiger partial charge in [-0.15, -0.1) is 0 Å². The van der Waals surface area contributed by atoms with E-state index in [2.05, 4.69) is 43.3 Å². The van der Waals surface area contributed by atoms with Gasteiger partial charge in [0.1, 0.15) is 0 Å². The summed E-state index contributed by atoms with van der Waals surface area (Å²) in [5.74, 6) is 0.875. The summed E-state index contributed by atoms with van der Waals surface area (Å²) in [4.78, 5) is 2.38. The summed E-state index contributed by atoms with van der Waals surface area (Å²) < 4.78 is 7.84. The molecule has 1 aliphatic heterocycles. The molecule has 0 amide bonds. The zero-order valence-corrected chi connectivity index (χ0v) is 14.2. The van der Waals surface area contributed by atoms with Crippen molar-refractivity contribution in [2.24, 2.45) is 5.11 Å². The quantitative estimate of drug-likeness (QED) is 0.555. The van der Waals surface area contributed by atoms with Crippen LogP contribution in [0, 0.1) is 6.92 Å². The van der Waals surface area contributed by atoms with Gasteiger partial charge in [-0.25, -0.2) is 0 Å². The highest BCUT2D eigenvalue weighted by Gasteiger charge is 2.23. The van der Waals surface area contributed by atoms with Crippen molar-refractivity contribution >= 4 is 23.1 Å². The molecule has 0 fully saturated rings. The maximum atomic E-state index is 5.95. The molecule has 3 aromatic carbocycles. The molecule has 0 aromatic heterocycles. The maximum absolute atomic E-state index is 5.95. The Morgan fingerprint density at radius 2 is 1.62 bits per heavy atom. The average molecular weight is 333 g/mol. The Hall–Kier alpha value is -2.59. The molecule has 4 rings (SSSR count). The molecule has 118 valence electrons. The lowest BCUT2D eigenvalue weighted by atomic mass is 10.2. The van der Waals surface area contributed by atoms with Crippen molar-refractivity contribution < 1.29 is 9.43 Å². The molecule has 3 nitrogen and oxygen atoms in total. The van der Waals surface area contributed by atoms with E-state index in [-0.39, 0.29) is 0 Å². The molecule has 0 N–H and O–H groups in total. The van der Waals surface area contributed by atoms with Gasteiger partial charge in [-0.05, 0) is 41.5 Å². The number of hydrogen-bond donors (Lipinski definition) is 0. The topological polar surface area (TPSA) is 24.6 Å². The number of para-hydroxylation sites is 1. The second-order valence-corrected chi connectivity index (χ2v) is 6.76. The van der Waals surface area contributed by atoms with E-state index in [1.807, 2.05) is 41.1 Å². The molecule has 3 aromatic rings. The number of azo groups is 2. The standard InChI is InChI=1S/C20H17N2OS/c1-15-12-18(24-17-10-6-3-7-11-17)13-19-20(15)23-14-22(21-19)16-8-4-2-5-9-16/h2-13H,14H2,1H3/q+1. The lowest BCUT2D eigenvalue weighted by Crippen LogP contribution is -2.15. The SMILES string of the molecule is Cc1cc(Sc2ccccc2)cc2c1OC[N+](c1ccccc1)=N2. The van der Waals surface area contributed by atoms with Crippen LogP contribution in [0.15, 0.2) is 87.7 Å². The van der Waals surface area contributed by atoms with Crippen molar-refractivity contribution in [2.75, 3.05) is 6.73 Å². The zero-order valence-electron chi connectivity index (χ0n) is 13.3. The third-order valence-electron chi connectivity index (χ3n) is 3.82. The van der Waals surface area contributed by atoms with E-state index in [9.17, 15) is 0 Å². The van der Waals surface area contributed by atoms with Crippen molar-refractivity contribution in [3.8, 4) is 5.75 Å². The highest BCUT2D eigenvalue weighted by atomic mass is 32.2. The fraction of sp³-hybridized carbons (Fsp3) is 0.100. The predicted octanol–water partition coefficient (Wildman–Crippen LogP) is 5.92. The van der Waals surface area contributed by atoms with Gasteiger partial charge >= 0.3 is 6.73 Å². The third-order valence-corrected chi connectivity index (χ3v) is 4.80. The molecular formula is C20H17N2OS+. The zero-order chi connectivity index (χ0) is 16.4. The van der Waals surface area contributed by atoms with Crippen LogP contribution in [0.4, 0.5) is 11.4 Å². The second kappa shape index (κ2) is 6.49. The molecular weight excluding hydrogens is 316 g/mol. The molecule has 0 radical (unpaired) electrons. The number of fused-ring (bicyclic) bond motifs is 1. The van der Waals surface area contributed by atoms with Crippen LogP contribution in [0.1, 0.15) is 5.56 Å². The van der Waals surface area contributed by atoms with Crippen molar-refractivity contribution in [1.29, 1.82) is 0 Å². The van der Waals surface area contributed by atoms with Crippen molar-refractivity contribution in [2.45, 2.75) is 16.7 Å². The first-order chi connectivity index (χ1) is 11.8. The van der Waals surface area contributed by atoms with E-state index in [1.54, 1.807) is 11.8 Å².